The molecule has 1 heterocycles. The first-order chi connectivity index (χ1) is 7.83. The van der Waals surface area contributed by atoms with Gasteiger partial charge in [0, 0.05) is 18.6 Å². The predicted octanol–water partition coefficient (Wildman–Crippen LogP) is 1.99. The van der Waals surface area contributed by atoms with Crippen LogP contribution in [-0.2, 0) is 0 Å². The fraction of sp³-hybridized carbons (Fsp3) is 0.923. The maximum Gasteiger partial charge on any atom is 0.191 e. The van der Waals surface area contributed by atoms with Crippen molar-refractivity contribution in [3.63, 3.8) is 0 Å². The summed E-state index contributed by atoms with van der Waals surface area (Å²) in [6.45, 7) is 9.53. The van der Waals surface area contributed by atoms with Gasteiger partial charge < -0.3 is 15.5 Å². The van der Waals surface area contributed by atoms with Crippen LogP contribution in [-0.4, -0.2) is 55.0 Å². The molecule has 1 saturated heterocycles. The number of likely N-dealkylation sites (N-methyl/N-ethyl adjacent to an activating group) is 1. The maximum atomic E-state index is 6.06. The highest BCUT2D eigenvalue weighted by Crippen LogP contribution is 2.16. The average molecular weight is 368 g/mol. The van der Waals surface area contributed by atoms with E-state index < -0.39 is 0 Å². The van der Waals surface area contributed by atoms with Crippen LogP contribution >= 0.6 is 24.0 Å². The third-order valence-corrected chi connectivity index (χ3v) is 3.95. The molecule has 108 valence electrons. The molecule has 1 rings (SSSR count). The van der Waals surface area contributed by atoms with Crippen LogP contribution in [0.25, 0.3) is 0 Å². The Hall–Kier alpha value is -0.0400. The molecule has 0 aliphatic carbocycles. The predicted molar refractivity (Wildman–Crippen MR) is 89.6 cm³/mol. The summed E-state index contributed by atoms with van der Waals surface area (Å²) in [5.41, 5.74) is 6.12. The van der Waals surface area contributed by atoms with Crippen molar-refractivity contribution in [2.45, 2.75) is 39.2 Å². The van der Waals surface area contributed by atoms with Gasteiger partial charge in [0.2, 0.25) is 0 Å². The van der Waals surface area contributed by atoms with Gasteiger partial charge in [0.25, 0.3) is 0 Å². The lowest BCUT2D eigenvalue weighted by Crippen LogP contribution is -2.45. The molecule has 2 N–H and O–H groups in total. The molecule has 1 aliphatic rings. The Morgan fingerprint density at radius 1 is 1.33 bits per heavy atom. The van der Waals surface area contributed by atoms with Crippen molar-refractivity contribution in [3.05, 3.63) is 0 Å². The molecule has 18 heavy (non-hydrogen) atoms. The molecular formula is C13H29IN4. The molecule has 0 bridgehead atoms. The van der Waals surface area contributed by atoms with Gasteiger partial charge in [-0.15, -0.1) is 24.0 Å². The molecular weight excluding hydrogens is 339 g/mol. The number of halogens is 1. The molecule has 1 aliphatic heterocycles. The summed E-state index contributed by atoms with van der Waals surface area (Å²) in [5.74, 6) is 1.55. The van der Waals surface area contributed by atoms with Gasteiger partial charge >= 0.3 is 0 Å². The van der Waals surface area contributed by atoms with Crippen molar-refractivity contribution >= 4 is 29.9 Å². The number of rotatable bonds is 3. The number of guanidine groups is 1. The Morgan fingerprint density at radius 3 is 2.28 bits per heavy atom. The first-order valence-corrected chi connectivity index (χ1v) is 6.55. The Labute approximate surface area is 129 Å². The summed E-state index contributed by atoms with van der Waals surface area (Å²) in [5, 5.41) is 0. The fourth-order valence-corrected chi connectivity index (χ4v) is 1.75. The molecule has 4 nitrogen and oxygen atoms in total. The van der Waals surface area contributed by atoms with Gasteiger partial charge in [-0.2, -0.15) is 0 Å². The molecule has 0 aromatic heterocycles. The molecule has 0 saturated carbocycles. The van der Waals surface area contributed by atoms with Crippen LogP contribution in [0.15, 0.2) is 4.99 Å². The van der Waals surface area contributed by atoms with Crippen LogP contribution in [0.3, 0.4) is 0 Å². The van der Waals surface area contributed by atoms with E-state index in [2.05, 4.69) is 49.7 Å². The number of likely N-dealkylation sites (tertiary alicyclic amines) is 1. The standard InChI is InChI=1S/C13H28N4.HI/c1-11-6-8-17(9-7-11)12(14)15-10-13(2,3)16(4)5;/h11H,6-10H2,1-5H3,(H2,14,15);1H. The quantitative estimate of drug-likeness (QED) is 0.471. The topological polar surface area (TPSA) is 44.9 Å². The van der Waals surface area contributed by atoms with Crippen LogP contribution in [0.1, 0.15) is 33.6 Å². The van der Waals surface area contributed by atoms with Gasteiger partial charge in [0.1, 0.15) is 0 Å². The third kappa shape index (κ3) is 5.30. The van der Waals surface area contributed by atoms with Crippen LogP contribution < -0.4 is 5.73 Å². The van der Waals surface area contributed by atoms with E-state index >= 15 is 0 Å². The monoisotopic (exact) mass is 368 g/mol. The maximum absolute atomic E-state index is 6.06. The third-order valence-electron chi connectivity index (χ3n) is 3.95. The van der Waals surface area contributed by atoms with E-state index in [1.165, 1.54) is 12.8 Å². The summed E-state index contributed by atoms with van der Waals surface area (Å²) < 4.78 is 0. The minimum atomic E-state index is 0. The van der Waals surface area contributed by atoms with E-state index in [1.807, 2.05) is 0 Å². The average Bonchev–Trinajstić information content (AvgIpc) is 2.27. The molecule has 0 aromatic rings. The Morgan fingerprint density at radius 2 is 1.83 bits per heavy atom. The second kappa shape index (κ2) is 7.53. The van der Waals surface area contributed by atoms with Crippen molar-refractivity contribution in [3.8, 4) is 0 Å². The van der Waals surface area contributed by atoms with Crippen LogP contribution in [0.5, 0.6) is 0 Å². The molecule has 0 atom stereocenters. The van der Waals surface area contributed by atoms with Crippen molar-refractivity contribution < 1.29 is 0 Å². The molecule has 0 radical (unpaired) electrons. The first kappa shape index (κ1) is 18.0. The first-order valence-electron chi connectivity index (χ1n) is 6.55. The van der Waals surface area contributed by atoms with Crippen molar-refractivity contribution in [1.82, 2.24) is 9.80 Å². The summed E-state index contributed by atoms with van der Waals surface area (Å²) in [4.78, 5) is 8.94. The van der Waals surface area contributed by atoms with Crippen LogP contribution in [0, 0.1) is 5.92 Å². The second-order valence-electron chi connectivity index (χ2n) is 6.05. The van der Waals surface area contributed by atoms with Crippen molar-refractivity contribution in [2.75, 3.05) is 33.7 Å². The van der Waals surface area contributed by atoms with Gasteiger partial charge in [-0.1, -0.05) is 6.92 Å². The van der Waals surface area contributed by atoms with E-state index in [0.29, 0.717) is 5.96 Å². The van der Waals surface area contributed by atoms with E-state index in [0.717, 1.165) is 25.6 Å². The highest BCUT2D eigenvalue weighted by atomic mass is 127. The lowest BCUT2D eigenvalue weighted by atomic mass is 9.99. The minimum absolute atomic E-state index is 0. The number of piperidine rings is 1. The zero-order valence-corrected chi connectivity index (χ0v) is 14.8. The van der Waals surface area contributed by atoms with Gasteiger partial charge in [0.15, 0.2) is 5.96 Å². The SMILES string of the molecule is CC1CCN(C(N)=NCC(C)(C)N(C)C)CC1.I. The molecule has 0 spiro atoms. The van der Waals surface area contributed by atoms with E-state index in [1.54, 1.807) is 0 Å². The normalized spacial score (nSPS) is 19.0. The van der Waals surface area contributed by atoms with E-state index in [-0.39, 0.29) is 29.5 Å². The molecule has 0 aromatic carbocycles. The summed E-state index contributed by atoms with van der Waals surface area (Å²) >= 11 is 0. The number of hydrogen-bond donors (Lipinski definition) is 1. The molecule has 0 amide bonds. The van der Waals surface area contributed by atoms with Crippen LogP contribution in [0.4, 0.5) is 0 Å². The van der Waals surface area contributed by atoms with Gasteiger partial charge in [-0.05, 0) is 46.7 Å². The number of aliphatic imine (C=N–C) groups is 1. The fourth-order valence-electron chi connectivity index (χ4n) is 1.75. The zero-order valence-electron chi connectivity index (χ0n) is 12.4. The lowest BCUT2D eigenvalue weighted by molar-refractivity contribution is 0.203. The van der Waals surface area contributed by atoms with E-state index in [9.17, 15) is 0 Å². The highest BCUT2D eigenvalue weighted by molar-refractivity contribution is 14.0. The van der Waals surface area contributed by atoms with Crippen LogP contribution in [0.2, 0.25) is 0 Å². The number of nitrogens with zero attached hydrogens (tertiary/aromatic N) is 3. The zero-order chi connectivity index (χ0) is 13.1. The molecule has 1 fully saturated rings. The number of hydrogen-bond acceptors (Lipinski definition) is 2. The highest BCUT2D eigenvalue weighted by Gasteiger charge is 2.21. The van der Waals surface area contributed by atoms with Gasteiger partial charge in [0.05, 0.1) is 6.54 Å². The molecule has 5 heteroatoms. The summed E-state index contributed by atoms with van der Waals surface area (Å²) in [6, 6.07) is 0. The van der Waals surface area contributed by atoms with E-state index in [4.69, 9.17) is 5.73 Å². The Balaban J connectivity index is 0.00000289. The number of nitrogens with two attached hydrogens (primary N) is 1. The smallest absolute Gasteiger partial charge is 0.191 e. The van der Waals surface area contributed by atoms with Gasteiger partial charge in [-0.3, -0.25) is 4.99 Å². The largest absolute Gasteiger partial charge is 0.370 e. The summed E-state index contributed by atoms with van der Waals surface area (Å²) in [6.07, 6.45) is 2.46. The Bertz CT molecular complexity index is 268. The second-order valence-corrected chi connectivity index (χ2v) is 6.05. The summed E-state index contributed by atoms with van der Waals surface area (Å²) in [7, 11) is 4.16. The van der Waals surface area contributed by atoms with Crippen molar-refractivity contribution in [1.29, 1.82) is 0 Å². The lowest BCUT2D eigenvalue weighted by Gasteiger charge is -2.33. The van der Waals surface area contributed by atoms with Gasteiger partial charge in [-0.25, -0.2) is 0 Å². The van der Waals surface area contributed by atoms with Crippen molar-refractivity contribution in [2.24, 2.45) is 16.6 Å². The Kier molecular flexibility index (Phi) is 7.51. The minimum Gasteiger partial charge on any atom is -0.370 e. The molecule has 0 unspecified atom stereocenters.